The Kier molecular flexibility index (Phi) is 15.3. The van der Waals surface area contributed by atoms with Crippen molar-refractivity contribution in [3.63, 3.8) is 0 Å². The molecule has 0 spiro atoms. The van der Waals surface area contributed by atoms with Gasteiger partial charge in [0, 0.05) is 33.9 Å². The number of para-hydroxylation sites is 2. The Balaban J connectivity index is 0.716. The van der Waals surface area contributed by atoms with Gasteiger partial charge in [-0.05, 0) is 238 Å². The first kappa shape index (κ1) is 61.9. The molecule has 106 heavy (non-hydrogen) atoms. The largest absolute Gasteiger partial charge is 0.310 e. The van der Waals surface area contributed by atoms with Crippen LogP contribution in [0.15, 0.2) is 413 Å². The van der Waals surface area contributed by atoms with Gasteiger partial charge >= 0.3 is 0 Å². The van der Waals surface area contributed by atoms with Gasteiger partial charge in [0.25, 0.3) is 0 Å². The molecule has 0 aliphatic carbocycles. The van der Waals surface area contributed by atoms with E-state index < -0.39 is 0 Å². The molecule has 0 atom stereocenters. The molecule has 0 saturated heterocycles. The predicted octanol–water partition coefficient (Wildman–Crippen LogP) is 29.5. The molecule has 0 aromatic heterocycles. The van der Waals surface area contributed by atoms with E-state index in [0.717, 1.165) is 89.4 Å². The quantitative estimate of drug-likeness (QED) is 0.106. The topological polar surface area (TPSA) is 6.48 Å². The second-order valence-electron chi connectivity index (χ2n) is 27.9. The van der Waals surface area contributed by atoms with E-state index >= 15 is 0 Å². The standard InChI is InChI=1S/C104H68N2/c1-6-33-87-71(23-1)28-20-44-88(87)74-55-58-83(59-56-74)105(103-47-17-15-42-99(103)95-45-21-29-72-24-2-7-34-89(72)95)86-65-81(62-82(66-86)102-68-80-27-5-10-37-92(80)94-39-12-14-41-98(94)102)70-51-49-69(50-52-70)75-53-54-77-63-85(60-57-76(77)61-75)106(104-48-18-16-43-100(104)96-46-22-30-73-25-3-8-35-90(73)96)84-32-19-31-78(64-84)101-67-79-26-4-9-36-91(79)93-38-11-13-40-97(93)101/h1-68H. The molecule has 20 rings (SSSR count). The van der Waals surface area contributed by atoms with Crippen molar-refractivity contribution in [3.05, 3.63) is 413 Å². The highest BCUT2D eigenvalue weighted by molar-refractivity contribution is 6.16. The number of fused-ring (bicyclic) bond motifs is 10. The number of nitrogens with zero attached hydrogens (tertiary/aromatic N) is 2. The lowest BCUT2D eigenvalue weighted by molar-refractivity contribution is 1.28. The van der Waals surface area contributed by atoms with Gasteiger partial charge in [-0.25, -0.2) is 0 Å². The average Bonchev–Trinajstić information content (AvgIpc) is 0.711. The van der Waals surface area contributed by atoms with Crippen molar-refractivity contribution in [1.29, 1.82) is 0 Å². The Morgan fingerprint density at radius 3 is 1.06 bits per heavy atom. The summed E-state index contributed by atoms with van der Waals surface area (Å²) in [5.74, 6) is 0. The average molecular weight is 1350 g/mol. The highest BCUT2D eigenvalue weighted by Gasteiger charge is 2.24. The maximum atomic E-state index is 2.49. The second kappa shape index (κ2) is 26.2. The molecule has 0 bridgehead atoms. The summed E-state index contributed by atoms with van der Waals surface area (Å²) in [4.78, 5) is 4.95. The van der Waals surface area contributed by atoms with Crippen molar-refractivity contribution >= 4 is 120 Å². The minimum absolute atomic E-state index is 1.05. The molecule has 0 saturated carbocycles. The fraction of sp³-hybridized carbons (Fsp3) is 0. The van der Waals surface area contributed by atoms with Gasteiger partial charge in [-0.3, -0.25) is 0 Å². The zero-order valence-corrected chi connectivity index (χ0v) is 58.2. The van der Waals surface area contributed by atoms with E-state index in [-0.39, 0.29) is 0 Å². The van der Waals surface area contributed by atoms with Crippen LogP contribution in [0.5, 0.6) is 0 Å². The van der Waals surface area contributed by atoms with Gasteiger partial charge in [-0.1, -0.05) is 328 Å². The van der Waals surface area contributed by atoms with Crippen LogP contribution in [-0.2, 0) is 0 Å². The maximum absolute atomic E-state index is 2.49. The summed E-state index contributed by atoms with van der Waals surface area (Å²) in [6.07, 6.45) is 0. The van der Waals surface area contributed by atoms with Gasteiger partial charge in [0.2, 0.25) is 0 Å². The normalized spacial score (nSPS) is 11.6. The Labute approximate surface area is 616 Å². The van der Waals surface area contributed by atoms with Crippen molar-refractivity contribution < 1.29 is 0 Å². The van der Waals surface area contributed by atoms with E-state index in [9.17, 15) is 0 Å². The summed E-state index contributed by atoms with van der Waals surface area (Å²) in [5, 5.41) is 19.5. The third kappa shape index (κ3) is 11.0. The van der Waals surface area contributed by atoms with Crippen LogP contribution in [0.2, 0.25) is 0 Å². The Bertz CT molecular complexity index is 6830. The van der Waals surface area contributed by atoms with E-state index in [0.29, 0.717) is 0 Å². The van der Waals surface area contributed by atoms with Crippen molar-refractivity contribution in [1.82, 2.24) is 0 Å². The summed E-state index contributed by atoms with van der Waals surface area (Å²) in [5.41, 5.74) is 22.7. The lowest BCUT2D eigenvalue weighted by Crippen LogP contribution is -2.11. The number of benzene rings is 20. The molecular weight excluding hydrogens is 1280 g/mol. The summed E-state index contributed by atoms with van der Waals surface area (Å²) < 4.78 is 0. The van der Waals surface area contributed by atoms with Crippen LogP contribution in [0.1, 0.15) is 0 Å². The molecule has 0 radical (unpaired) electrons. The zero-order chi connectivity index (χ0) is 70.0. The number of anilines is 6. The molecule has 20 aromatic rings. The molecule has 20 aromatic carbocycles. The van der Waals surface area contributed by atoms with Crippen LogP contribution < -0.4 is 9.80 Å². The first-order valence-electron chi connectivity index (χ1n) is 36.6. The molecule has 0 N–H and O–H groups in total. The number of rotatable bonds is 13. The first-order valence-corrected chi connectivity index (χ1v) is 36.6. The lowest BCUT2D eigenvalue weighted by atomic mass is 9.90. The Morgan fingerprint density at radius 1 is 0.123 bits per heavy atom. The van der Waals surface area contributed by atoms with Crippen LogP contribution in [-0.4, -0.2) is 0 Å². The highest BCUT2D eigenvalue weighted by atomic mass is 15.2. The minimum atomic E-state index is 1.05. The molecule has 0 aliphatic heterocycles. The van der Waals surface area contributed by atoms with Crippen LogP contribution >= 0.6 is 0 Å². The second-order valence-corrected chi connectivity index (χ2v) is 27.9. The van der Waals surface area contributed by atoms with Crippen LogP contribution in [0.3, 0.4) is 0 Å². The van der Waals surface area contributed by atoms with Gasteiger partial charge < -0.3 is 9.80 Å². The first-order chi connectivity index (χ1) is 52.5. The fourth-order valence-corrected chi connectivity index (χ4v) is 16.7. The van der Waals surface area contributed by atoms with Crippen molar-refractivity contribution in [2.24, 2.45) is 0 Å². The molecule has 494 valence electrons. The zero-order valence-electron chi connectivity index (χ0n) is 58.2. The van der Waals surface area contributed by atoms with E-state index in [1.165, 1.54) is 109 Å². The van der Waals surface area contributed by atoms with Gasteiger partial charge in [-0.2, -0.15) is 0 Å². The van der Waals surface area contributed by atoms with Crippen molar-refractivity contribution in [2.75, 3.05) is 9.80 Å². The summed E-state index contributed by atoms with van der Waals surface area (Å²) in [6.45, 7) is 0. The van der Waals surface area contributed by atoms with Crippen LogP contribution in [0, 0.1) is 0 Å². The molecule has 0 heterocycles. The third-order valence-electron chi connectivity index (χ3n) is 21.7. The molecule has 0 amide bonds. The number of hydrogen-bond donors (Lipinski definition) is 0. The van der Waals surface area contributed by atoms with Gasteiger partial charge in [0.05, 0.1) is 11.4 Å². The monoisotopic (exact) mass is 1340 g/mol. The third-order valence-corrected chi connectivity index (χ3v) is 21.7. The Morgan fingerprint density at radius 2 is 0.481 bits per heavy atom. The van der Waals surface area contributed by atoms with E-state index in [1.54, 1.807) is 0 Å². The van der Waals surface area contributed by atoms with E-state index in [4.69, 9.17) is 0 Å². The smallest absolute Gasteiger partial charge is 0.0540 e. The summed E-state index contributed by atoms with van der Waals surface area (Å²) in [7, 11) is 0. The molecular formula is C104H68N2. The van der Waals surface area contributed by atoms with Gasteiger partial charge in [-0.15, -0.1) is 0 Å². The van der Waals surface area contributed by atoms with E-state index in [2.05, 4.69) is 422 Å². The molecule has 0 fully saturated rings. The fourth-order valence-electron chi connectivity index (χ4n) is 16.7. The van der Waals surface area contributed by atoms with Crippen molar-refractivity contribution in [3.8, 4) is 77.9 Å². The minimum Gasteiger partial charge on any atom is -0.310 e. The van der Waals surface area contributed by atoms with Crippen LogP contribution in [0.4, 0.5) is 34.1 Å². The van der Waals surface area contributed by atoms with Crippen LogP contribution in [0.25, 0.3) is 164 Å². The molecule has 2 nitrogen and oxygen atoms in total. The van der Waals surface area contributed by atoms with Gasteiger partial charge in [0.15, 0.2) is 0 Å². The molecule has 2 heteroatoms. The predicted molar refractivity (Wildman–Crippen MR) is 454 cm³/mol. The van der Waals surface area contributed by atoms with E-state index in [1.807, 2.05) is 0 Å². The number of hydrogen-bond acceptors (Lipinski definition) is 2. The van der Waals surface area contributed by atoms with Gasteiger partial charge in [0.1, 0.15) is 0 Å². The Hall–Kier alpha value is -13.9. The summed E-state index contributed by atoms with van der Waals surface area (Å²) >= 11 is 0. The van der Waals surface area contributed by atoms with Crippen molar-refractivity contribution in [2.45, 2.75) is 0 Å². The SMILES string of the molecule is c1cc(-c2cc3ccccc3c3ccccc23)cc(N(c2ccc3cc(-c4ccc(-c5cc(-c6cc7ccccc7c7ccccc67)cc(N(c6ccc(-c7cccc8ccccc78)cc6)c6ccccc6-c6cccc7ccccc67)c5)cc4)ccc3c2)c2ccccc2-c2cccc3ccccc23)c1. The summed E-state index contributed by atoms with van der Waals surface area (Å²) in [6, 6.07) is 153. The maximum Gasteiger partial charge on any atom is 0.0540 e. The lowest BCUT2D eigenvalue weighted by Gasteiger charge is -2.29. The molecule has 0 aliphatic rings. The molecule has 0 unspecified atom stereocenters. The highest BCUT2D eigenvalue weighted by Crippen LogP contribution is 2.49.